The van der Waals surface area contributed by atoms with Crippen LogP contribution in [0.3, 0.4) is 0 Å². The Kier molecular flexibility index (Phi) is 4.77. The largest absolute Gasteiger partial charge is 0.435 e. The molecule has 0 spiro atoms. The number of nitrogens with zero attached hydrogens (tertiary/aromatic N) is 6. The molecule has 3 heterocycles. The lowest BCUT2D eigenvalue weighted by Crippen LogP contribution is -2.31. The Morgan fingerprint density at radius 3 is 2.83 bits per heavy atom. The number of nitrogens with one attached hydrogen (secondary N) is 1. The number of amides is 1. The molecule has 1 aliphatic rings. The zero-order chi connectivity index (χ0) is 21.5. The summed E-state index contributed by atoms with van der Waals surface area (Å²) in [5.74, 6) is -0.396. The van der Waals surface area contributed by atoms with Crippen LogP contribution in [0.4, 0.5) is 19.0 Å². The average Bonchev–Trinajstić information content (AvgIpc) is 3.32. The highest BCUT2D eigenvalue weighted by Crippen LogP contribution is 2.31. The molecule has 154 valence electrons. The molecule has 3 aromatic heterocycles. The lowest BCUT2D eigenvalue weighted by atomic mass is 9.93. The zero-order valence-electron chi connectivity index (χ0n) is 15.8. The minimum absolute atomic E-state index is 0.169. The van der Waals surface area contributed by atoms with E-state index in [4.69, 9.17) is 6.57 Å². The van der Waals surface area contributed by atoms with Gasteiger partial charge in [-0.15, -0.1) is 4.98 Å². The second kappa shape index (κ2) is 7.29. The Labute approximate surface area is 169 Å². The first-order valence-electron chi connectivity index (χ1n) is 9.10. The molecule has 3 aromatic rings. The third-order valence-corrected chi connectivity index (χ3v) is 4.92. The Morgan fingerprint density at radius 2 is 2.13 bits per heavy atom. The van der Waals surface area contributed by atoms with Crippen molar-refractivity contribution in [1.29, 1.82) is 0 Å². The van der Waals surface area contributed by atoms with E-state index in [1.54, 1.807) is 23.0 Å². The van der Waals surface area contributed by atoms with Crippen molar-refractivity contribution in [3.63, 3.8) is 0 Å². The fraction of sp³-hybridized carbons (Fsp3) is 0.316. The Bertz CT molecular complexity index is 1160. The molecule has 0 unspecified atom stereocenters. The van der Waals surface area contributed by atoms with Gasteiger partial charge in [-0.3, -0.25) is 9.48 Å². The van der Waals surface area contributed by atoms with E-state index in [1.165, 1.54) is 13.2 Å². The van der Waals surface area contributed by atoms with Gasteiger partial charge in [-0.05, 0) is 25.3 Å². The van der Waals surface area contributed by atoms with Gasteiger partial charge in [0.25, 0.3) is 11.7 Å². The van der Waals surface area contributed by atoms with Gasteiger partial charge in [0.05, 0.1) is 17.4 Å². The Morgan fingerprint density at radius 1 is 1.33 bits per heavy atom. The highest BCUT2D eigenvalue weighted by atomic mass is 19.4. The molecule has 0 radical (unpaired) electrons. The summed E-state index contributed by atoms with van der Waals surface area (Å²) in [6.45, 7) is 7.09. The van der Waals surface area contributed by atoms with Gasteiger partial charge >= 0.3 is 6.18 Å². The van der Waals surface area contributed by atoms with E-state index >= 15 is 0 Å². The van der Waals surface area contributed by atoms with Crippen molar-refractivity contribution < 1.29 is 18.0 Å². The lowest BCUT2D eigenvalue weighted by Gasteiger charge is -2.22. The first kappa shape index (κ1) is 19.6. The van der Waals surface area contributed by atoms with Crippen LogP contribution in [0.5, 0.6) is 0 Å². The van der Waals surface area contributed by atoms with E-state index in [2.05, 4.69) is 25.3 Å². The summed E-state index contributed by atoms with van der Waals surface area (Å²) in [5.41, 5.74) is 0.984. The van der Waals surface area contributed by atoms with Crippen molar-refractivity contribution in [3.05, 3.63) is 64.7 Å². The van der Waals surface area contributed by atoms with Crippen LogP contribution in [-0.2, 0) is 19.6 Å². The molecule has 8 nitrogen and oxygen atoms in total. The summed E-state index contributed by atoms with van der Waals surface area (Å²) in [6, 6.07) is 3.68. The SMILES string of the molecule is [C-]#[N+]c1cc(-n2cc3c(n2)CCC[C@@H]3NC(=O)c2cc(C(F)(F)F)nn2C)ccn1. The molecule has 1 aliphatic carbocycles. The van der Waals surface area contributed by atoms with E-state index in [-0.39, 0.29) is 17.6 Å². The maximum Gasteiger partial charge on any atom is 0.435 e. The van der Waals surface area contributed by atoms with E-state index in [0.29, 0.717) is 12.1 Å². The number of carbonyl (C=O) groups excluding carboxylic acids is 1. The molecule has 11 heteroatoms. The summed E-state index contributed by atoms with van der Waals surface area (Å²) in [4.78, 5) is 19.9. The van der Waals surface area contributed by atoms with Crippen molar-refractivity contribution in [1.82, 2.24) is 29.9 Å². The van der Waals surface area contributed by atoms with Crippen LogP contribution >= 0.6 is 0 Å². The maximum atomic E-state index is 12.9. The monoisotopic (exact) mass is 415 g/mol. The summed E-state index contributed by atoms with van der Waals surface area (Å²) < 4.78 is 41.2. The van der Waals surface area contributed by atoms with Crippen molar-refractivity contribution in [2.45, 2.75) is 31.5 Å². The molecule has 0 aliphatic heterocycles. The van der Waals surface area contributed by atoms with E-state index in [9.17, 15) is 18.0 Å². The summed E-state index contributed by atoms with van der Waals surface area (Å²) in [7, 11) is 1.30. The molecular weight excluding hydrogens is 399 g/mol. The minimum Gasteiger partial charge on any atom is -0.361 e. The van der Waals surface area contributed by atoms with Crippen molar-refractivity contribution in [3.8, 4) is 5.69 Å². The normalized spacial score (nSPS) is 16.0. The number of halogens is 3. The van der Waals surface area contributed by atoms with Crippen molar-refractivity contribution in [2.24, 2.45) is 7.05 Å². The lowest BCUT2D eigenvalue weighted by molar-refractivity contribution is -0.141. The fourth-order valence-corrected chi connectivity index (χ4v) is 3.48. The highest BCUT2D eigenvalue weighted by Gasteiger charge is 2.36. The number of carbonyl (C=O) groups is 1. The third-order valence-electron chi connectivity index (χ3n) is 4.92. The number of hydrogen-bond acceptors (Lipinski definition) is 4. The Hall–Kier alpha value is -3.68. The van der Waals surface area contributed by atoms with Crippen LogP contribution in [0.25, 0.3) is 10.5 Å². The van der Waals surface area contributed by atoms with E-state index < -0.39 is 17.8 Å². The topological polar surface area (TPSA) is 82.0 Å². The van der Waals surface area contributed by atoms with Gasteiger partial charge in [0.1, 0.15) is 11.9 Å². The number of pyridine rings is 1. The second-order valence-electron chi connectivity index (χ2n) is 6.91. The van der Waals surface area contributed by atoms with Gasteiger partial charge in [-0.1, -0.05) is 6.57 Å². The molecular formula is C19H16F3N7O. The number of hydrogen-bond donors (Lipinski definition) is 1. The van der Waals surface area contributed by atoms with Gasteiger partial charge < -0.3 is 10.2 Å². The van der Waals surface area contributed by atoms with Gasteiger partial charge in [0.2, 0.25) is 0 Å². The molecule has 4 rings (SSSR count). The Balaban J connectivity index is 1.59. The third kappa shape index (κ3) is 3.63. The van der Waals surface area contributed by atoms with Crippen molar-refractivity contribution in [2.75, 3.05) is 0 Å². The summed E-state index contributed by atoms with van der Waals surface area (Å²) in [6.07, 6.45) is 0.801. The molecule has 1 N–H and O–H groups in total. The molecule has 0 bridgehead atoms. The van der Waals surface area contributed by atoms with Crippen LogP contribution in [0.1, 0.15) is 46.3 Å². The van der Waals surface area contributed by atoms with Crippen LogP contribution in [-0.4, -0.2) is 30.5 Å². The van der Waals surface area contributed by atoms with Crippen LogP contribution in [0.2, 0.25) is 0 Å². The van der Waals surface area contributed by atoms with Gasteiger partial charge in [-0.2, -0.15) is 23.4 Å². The average molecular weight is 415 g/mol. The maximum absolute atomic E-state index is 12.9. The first-order chi connectivity index (χ1) is 14.3. The number of alkyl halides is 3. The minimum atomic E-state index is -4.62. The highest BCUT2D eigenvalue weighted by molar-refractivity contribution is 5.93. The number of fused-ring (bicyclic) bond motifs is 1. The zero-order valence-corrected chi connectivity index (χ0v) is 15.8. The second-order valence-corrected chi connectivity index (χ2v) is 6.91. The van der Waals surface area contributed by atoms with Crippen LogP contribution < -0.4 is 5.32 Å². The number of aromatic nitrogens is 5. The van der Waals surface area contributed by atoms with Crippen LogP contribution in [0.15, 0.2) is 30.6 Å². The standard InChI is InChI=1S/C19H16F3N7O/c1-23-17-8-11(6-7-24-17)29-10-12-13(4-3-5-14(12)26-29)25-18(30)15-9-16(19(20,21)22)27-28(15)2/h6-10,13H,3-5H2,2H3,(H,25,30)/t13-/m0/s1. The molecule has 0 aromatic carbocycles. The van der Waals surface area contributed by atoms with E-state index in [1.807, 2.05) is 0 Å². The molecule has 1 amide bonds. The molecule has 0 saturated heterocycles. The number of aryl methyl sites for hydroxylation is 2. The molecule has 0 saturated carbocycles. The molecule has 30 heavy (non-hydrogen) atoms. The van der Waals surface area contributed by atoms with Crippen molar-refractivity contribution >= 4 is 11.7 Å². The van der Waals surface area contributed by atoms with Crippen LogP contribution in [0, 0.1) is 6.57 Å². The smallest absolute Gasteiger partial charge is 0.361 e. The quantitative estimate of drug-likeness (QED) is 0.665. The summed E-state index contributed by atoms with van der Waals surface area (Å²) >= 11 is 0. The predicted octanol–water partition coefficient (Wildman–Crippen LogP) is 3.38. The van der Waals surface area contributed by atoms with Gasteiger partial charge in [-0.25, -0.2) is 4.68 Å². The van der Waals surface area contributed by atoms with Gasteiger partial charge in [0, 0.05) is 30.9 Å². The summed E-state index contributed by atoms with van der Waals surface area (Å²) in [5, 5.41) is 10.7. The fourth-order valence-electron chi connectivity index (χ4n) is 3.48. The molecule has 1 atom stereocenters. The number of rotatable bonds is 3. The molecule has 0 fully saturated rings. The first-order valence-corrected chi connectivity index (χ1v) is 9.10. The van der Waals surface area contributed by atoms with E-state index in [0.717, 1.165) is 34.8 Å². The van der Waals surface area contributed by atoms with Gasteiger partial charge in [0.15, 0.2) is 5.69 Å². The predicted molar refractivity (Wildman–Crippen MR) is 99.0 cm³/mol.